The van der Waals surface area contributed by atoms with E-state index in [1.54, 1.807) is 48.5 Å². The fourth-order valence-electron chi connectivity index (χ4n) is 4.28. The van der Waals surface area contributed by atoms with Gasteiger partial charge in [-0.05, 0) is 54.8 Å². The van der Waals surface area contributed by atoms with Gasteiger partial charge in [0, 0.05) is 24.0 Å². The van der Waals surface area contributed by atoms with Gasteiger partial charge in [0.25, 0.3) is 0 Å². The number of alkyl halides is 3. The minimum Gasteiger partial charge on any atom is -0.352 e. The molecule has 0 heterocycles. The third kappa shape index (κ3) is 9.22. The summed E-state index contributed by atoms with van der Waals surface area (Å²) < 4.78 is 66.5. The molecule has 0 bridgehead atoms. The van der Waals surface area contributed by atoms with Gasteiger partial charge in [0.15, 0.2) is 0 Å². The van der Waals surface area contributed by atoms with E-state index in [0.29, 0.717) is 27.4 Å². The standard InChI is InChI=1S/C30H33ClF3N3O4S/c1-4-21(2)35-29(39)27(17-22-10-6-5-7-11-22)36(19-23-12-8-14-25(31)16-23)28(38)20-37(42(3,40)41)26-15-9-13-24(18-26)30(32,33)34/h5-16,18,21,27H,4,17,19-20H2,1-3H3,(H,35,39)/t21-,27-/m1/s1. The first kappa shape index (κ1) is 32.9. The number of hydrogen-bond acceptors (Lipinski definition) is 4. The quantitative estimate of drug-likeness (QED) is 0.281. The number of nitrogens with zero attached hydrogens (tertiary/aromatic N) is 2. The van der Waals surface area contributed by atoms with Crippen LogP contribution in [0.4, 0.5) is 18.9 Å². The maximum atomic E-state index is 14.0. The smallest absolute Gasteiger partial charge is 0.352 e. The summed E-state index contributed by atoms with van der Waals surface area (Å²) in [5, 5.41) is 3.30. The number of benzene rings is 3. The number of carbonyl (C=O) groups excluding carboxylic acids is 2. The number of halogens is 4. The van der Waals surface area contributed by atoms with Crippen molar-refractivity contribution in [2.24, 2.45) is 0 Å². The van der Waals surface area contributed by atoms with E-state index in [9.17, 15) is 31.2 Å². The van der Waals surface area contributed by atoms with E-state index in [1.807, 2.05) is 19.9 Å². The zero-order valence-electron chi connectivity index (χ0n) is 23.4. The molecule has 3 aromatic carbocycles. The van der Waals surface area contributed by atoms with Gasteiger partial charge in [-0.25, -0.2) is 8.42 Å². The van der Waals surface area contributed by atoms with Crippen LogP contribution in [-0.4, -0.2) is 50.0 Å². The molecule has 42 heavy (non-hydrogen) atoms. The molecule has 3 aromatic rings. The van der Waals surface area contributed by atoms with Crippen LogP contribution in [-0.2, 0) is 38.8 Å². The lowest BCUT2D eigenvalue weighted by atomic mass is 10.0. The summed E-state index contributed by atoms with van der Waals surface area (Å²) in [4.78, 5) is 28.9. The van der Waals surface area contributed by atoms with E-state index in [1.165, 1.54) is 11.0 Å². The highest BCUT2D eigenvalue weighted by Crippen LogP contribution is 2.32. The molecule has 0 saturated carbocycles. The highest BCUT2D eigenvalue weighted by atomic mass is 35.5. The lowest BCUT2D eigenvalue weighted by molar-refractivity contribution is -0.140. The Morgan fingerprint density at radius 2 is 1.60 bits per heavy atom. The fraction of sp³-hybridized carbons (Fsp3) is 0.333. The van der Waals surface area contributed by atoms with Crippen LogP contribution in [0.15, 0.2) is 78.9 Å². The Morgan fingerprint density at radius 3 is 2.19 bits per heavy atom. The summed E-state index contributed by atoms with van der Waals surface area (Å²) in [5.41, 5.74) is -0.0578. The first-order chi connectivity index (χ1) is 19.7. The molecule has 0 aliphatic rings. The summed E-state index contributed by atoms with van der Waals surface area (Å²) in [7, 11) is -4.22. The Hall–Kier alpha value is -3.57. The van der Waals surface area contributed by atoms with Crippen LogP contribution in [0.5, 0.6) is 0 Å². The predicted molar refractivity (Wildman–Crippen MR) is 157 cm³/mol. The molecule has 1 N–H and O–H groups in total. The van der Waals surface area contributed by atoms with Gasteiger partial charge in [0.2, 0.25) is 21.8 Å². The van der Waals surface area contributed by atoms with Crippen LogP contribution < -0.4 is 9.62 Å². The first-order valence-corrected chi connectivity index (χ1v) is 15.4. The van der Waals surface area contributed by atoms with Crippen LogP contribution in [0.3, 0.4) is 0 Å². The normalized spacial score (nSPS) is 13.2. The van der Waals surface area contributed by atoms with Crippen molar-refractivity contribution in [3.63, 3.8) is 0 Å². The number of amides is 2. The molecule has 12 heteroatoms. The molecule has 0 aromatic heterocycles. The van der Waals surface area contributed by atoms with Crippen molar-refractivity contribution < 1.29 is 31.2 Å². The van der Waals surface area contributed by atoms with Gasteiger partial charge in [-0.1, -0.05) is 67.1 Å². The van der Waals surface area contributed by atoms with Crippen LogP contribution in [0.2, 0.25) is 5.02 Å². The second-order valence-electron chi connectivity index (χ2n) is 9.99. The topological polar surface area (TPSA) is 86.8 Å². The Labute approximate surface area is 249 Å². The predicted octanol–water partition coefficient (Wildman–Crippen LogP) is 5.68. The number of hydrogen-bond donors (Lipinski definition) is 1. The van der Waals surface area contributed by atoms with Crippen LogP contribution in [0.1, 0.15) is 37.0 Å². The summed E-state index contributed by atoms with van der Waals surface area (Å²) in [6, 6.07) is 18.1. The summed E-state index contributed by atoms with van der Waals surface area (Å²) in [6.07, 6.45) is -3.18. The largest absolute Gasteiger partial charge is 0.416 e. The van der Waals surface area contributed by atoms with Crippen molar-refractivity contribution in [1.82, 2.24) is 10.2 Å². The monoisotopic (exact) mass is 623 g/mol. The summed E-state index contributed by atoms with van der Waals surface area (Å²) >= 11 is 6.18. The Balaban J connectivity index is 2.09. The van der Waals surface area contributed by atoms with Crippen LogP contribution in [0, 0.1) is 0 Å². The Morgan fingerprint density at radius 1 is 0.952 bits per heavy atom. The van der Waals surface area contributed by atoms with Crippen LogP contribution in [0.25, 0.3) is 0 Å². The minimum atomic E-state index is -4.73. The highest BCUT2D eigenvalue weighted by molar-refractivity contribution is 7.92. The van der Waals surface area contributed by atoms with Crippen molar-refractivity contribution in [3.05, 3.63) is 101 Å². The highest BCUT2D eigenvalue weighted by Gasteiger charge is 2.35. The lowest BCUT2D eigenvalue weighted by Crippen LogP contribution is -2.54. The molecular weight excluding hydrogens is 591 g/mol. The van der Waals surface area contributed by atoms with Gasteiger partial charge in [-0.3, -0.25) is 13.9 Å². The van der Waals surface area contributed by atoms with Crippen molar-refractivity contribution >= 4 is 39.1 Å². The number of anilines is 1. The molecule has 0 saturated heterocycles. The van der Waals surface area contributed by atoms with Gasteiger partial charge < -0.3 is 10.2 Å². The van der Waals surface area contributed by atoms with Gasteiger partial charge in [-0.2, -0.15) is 13.2 Å². The molecular formula is C30H33ClF3N3O4S. The average Bonchev–Trinajstić information content (AvgIpc) is 2.93. The molecule has 226 valence electrons. The number of carbonyl (C=O) groups is 2. The van der Waals surface area contributed by atoms with Gasteiger partial charge in [-0.15, -0.1) is 0 Å². The maximum Gasteiger partial charge on any atom is 0.416 e. The SMILES string of the molecule is CC[C@@H](C)NC(=O)[C@@H](Cc1ccccc1)N(Cc1cccc(Cl)c1)C(=O)CN(c1cccc(C(F)(F)F)c1)S(C)(=O)=O. The van der Waals surface area contributed by atoms with Crippen molar-refractivity contribution in [1.29, 1.82) is 0 Å². The minimum absolute atomic E-state index is 0.106. The van der Waals surface area contributed by atoms with E-state index in [2.05, 4.69) is 5.32 Å². The maximum absolute atomic E-state index is 14.0. The molecule has 0 fully saturated rings. The Kier molecular flexibility index (Phi) is 11.0. The molecule has 2 atom stereocenters. The molecule has 0 unspecified atom stereocenters. The van der Waals surface area contributed by atoms with Crippen molar-refractivity contribution in [3.8, 4) is 0 Å². The summed E-state index contributed by atoms with van der Waals surface area (Å²) in [6.45, 7) is 2.78. The van der Waals surface area contributed by atoms with E-state index in [0.717, 1.165) is 24.0 Å². The zero-order valence-corrected chi connectivity index (χ0v) is 25.0. The third-order valence-electron chi connectivity index (χ3n) is 6.65. The number of rotatable bonds is 12. The van der Waals surface area contributed by atoms with Gasteiger partial charge >= 0.3 is 6.18 Å². The lowest BCUT2D eigenvalue weighted by Gasteiger charge is -2.34. The molecule has 0 spiro atoms. The second kappa shape index (κ2) is 14.1. The van der Waals surface area contributed by atoms with Gasteiger partial charge in [0.1, 0.15) is 12.6 Å². The van der Waals surface area contributed by atoms with E-state index >= 15 is 0 Å². The number of sulfonamides is 1. The number of nitrogens with one attached hydrogen (secondary N) is 1. The molecule has 2 amide bonds. The van der Waals surface area contributed by atoms with Crippen molar-refractivity contribution in [2.75, 3.05) is 17.1 Å². The average molecular weight is 624 g/mol. The molecule has 0 aliphatic heterocycles. The van der Waals surface area contributed by atoms with E-state index in [4.69, 9.17) is 11.6 Å². The first-order valence-electron chi connectivity index (χ1n) is 13.2. The van der Waals surface area contributed by atoms with Crippen LogP contribution >= 0.6 is 11.6 Å². The van der Waals surface area contributed by atoms with E-state index in [-0.39, 0.29) is 24.7 Å². The van der Waals surface area contributed by atoms with E-state index < -0.39 is 46.2 Å². The molecule has 3 rings (SSSR count). The second-order valence-corrected chi connectivity index (χ2v) is 12.3. The van der Waals surface area contributed by atoms with Gasteiger partial charge in [0.05, 0.1) is 17.5 Å². The molecule has 7 nitrogen and oxygen atoms in total. The summed E-state index contributed by atoms with van der Waals surface area (Å²) in [5.74, 6) is -1.23. The fourth-order valence-corrected chi connectivity index (χ4v) is 5.33. The zero-order chi connectivity index (χ0) is 31.1. The molecule has 0 aliphatic carbocycles. The third-order valence-corrected chi connectivity index (χ3v) is 8.03. The van der Waals surface area contributed by atoms with Crippen molar-refractivity contribution in [2.45, 2.75) is 51.5 Å². The molecule has 0 radical (unpaired) electrons. The Bertz CT molecular complexity index is 1490.